The highest BCUT2D eigenvalue weighted by molar-refractivity contribution is 5.47. The maximum atomic E-state index is 4.40. The Bertz CT molecular complexity index is 622. The summed E-state index contributed by atoms with van der Waals surface area (Å²) in [5.74, 6) is 0.961. The first-order valence-electron chi connectivity index (χ1n) is 7.07. The van der Waals surface area contributed by atoms with E-state index in [1.165, 1.54) is 27.9 Å². The first kappa shape index (κ1) is 13.1. The van der Waals surface area contributed by atoms with E-state index in [1.54, 1.807) is 6.33 Å². The molecule has 2 N–H and O–H groups in total. The largest absolute Gasteiger partial charge is 0.366 e. The number of nitrogens with zero attached hydrogens (tertiary/aromatic N) is 2. The SMILES string of the molecule is Cc1ccc(C)c(CNc2ncnc3c2CNCC3)c1. The highest BCUT2D eigenvalue weighted by Crippen LogP contribution is 2.20. The van der Waals surface area contributed by atoms with Gasteiger partial charge in [-0.3, -0.25) is 0 Å². The Morgan fingerprint density at radius 3 is 3.05 bits per heavy atom. The second kappa shape index (κ2) is 5.59. The van der Waals surface area contributed by atoms with E-state index in [2.05, 4.69) is 52.6 Å². The lowest BCUT2D eigenvalue weighted by atomic mass is 10.1. The van der Waals surface area contributed by atoms with Gasteiger partial charge in [0.15, 0.2) is 0 Å². The summed E-state index contributed by atoms with van der Waals surface area (Å²) in [6.07, 6.45) is 2.64. The van der Waals surface area contributed by atoms with E-state index in [0.717, 1.165) is 31.9 Å². The molecule has 3 rings (SSSR count). The zero-order valence-corrected chi connectivity index (χ0v) is 12.0. The minimum Gasteiger partial charge on any atom is -0.366 e. The Hall–Kier alpha value is -1.94. The van der Waals surface area contributed by atoms with Gasteiger partial charge in [-0.15, -0.1) is 0 Å². The number of hydrogen-bond donors (Lipinski definition) is 2. The van der Waals surface area contributed by atoms with Crippen LogP contribution in [0, 0.1) is 13.8 Å². The molecular weight excluding hydrogens is 248 g/mol. The van der Waals surface area contributed by atoms with Crippen molar-refractivity contribution < 1.29 is 0 Å². The quantitative estimate of drug-likeness (QED) is 0.897. The summed E-state index contributed by atoms with van der Waals surface area (Å²) >= 11 is 0. The molecule has 0 saturated heterocycles. The number of nitrogens with one attached hydrogen (secondary N) is 2. The molecular formula is C16H20N4. The van der Waals surface area contributed by atoms with Crippen molar-refractivity contribution >= 4 is 5.82 Å². The van der Waals surface area contributed by atoms with Gasteiger partial charge in [0.05, 0.1) is 5.69 Å². The van der Waals surface area contributed by atoms with E-state index in [-0.39, 0.29) is 0 Å². The maximum Gasteiger partial charge on any atom is 0.134 e. The lowest BCUT2D eigenvalue weighted by Crippen LogP contribution is -2.26. The van der Waals surface area contributed by atoms with Crippen molar-refractivity contribution in [1.82, 2.24) is 15.3 Å². The van der Waals surface area contributed by atoms with E-state index >= 15 is 0 Å². The molecule has 0 radical (unpaired) electrons. The Morgan fingerprint density at radius 2 is 2.15 bits per heavy atom. The van der Waals surface area contributed by atoms with Gasteiger partial charge in [0.1, 0.15) is 12.1 Å². The third kappa shape index (κ3) is 2.65. The van der Waals surface area contributed by atoms with Crippen molar-refractivity contribution in [2.75, 3.05) is 11.9 Å². The zero-order chi connectivity index (χ0) is 13.9. The summed E-state index contributed by atoms with van der Waals surface area (Å²) in [5, 5.41) is 6.85. The topological polar surface area (TPSA) is 49.8 Å². The molecule has 0 aliphatic carbocycles. The smallest absolute Gasteiger partial charge is 0.134 e. The second-order valence-corrected chi connectivity index (χ2v) is 5.36. The second-order valence-electron chi connectivity index (χ2n) is 5.36. The van der Waals surface area contributed by atoms with Gasteiger partial charge in [0, 0.05) is 31.6 Å². The van der Waals surface area contributed by atoms with Gasteiger partial charge >= 0.3 is 0 Å². The van der Waals surface area contributed by atoms with Crippen LogP contribution >= 0.6 is 0 Å². The molecule has 1 aromatic carbocycles. The van der Waals surface area contributed by atoms with Crippen LogP contribution in [0.4, 0.5) is 5.82 Å². The van der Waals surface area contributed by atoms with Crippen molar-refractivity contribution in [1.29, 1.82) is 0 Å². The van der Waals surface area contributed by atoms with Gasteiger partial charge in [-0.05, 0) is 25.0 Å². The average Bonchev–Trinajstić information content (AvgIpc) is 2.48. The van der Waals surface area contributed by atoms with Crippen LogP contribution in [0.2, 0.25) is 0 Å². The molecule has 0 amide bonds. The minimum atomic E-state index is 0.803. The van der Waals surface area contributed by atoms with Gasteiger partial charge in [-0.1, -0.05) is 23.8 Å². The predicted octanol–water partition coefficient (Wildman–Crippen LogP) is 2.35. The van der Waals surface area contributed by atoms with E-state index in [4.69, 9.17) is 0 Å². The number of anilines is 1. The van der Waals surface area contributed by atoms with Gasteiger partial charge in [-0.2, -0.15) is 0 Å². The Labute approximate surface area is 119 Å². The van der Waals surface area contributed by atoms with Crippen molar-refractivity contribution in [3.8, 4) is 0 Å². The third-order valence-electron chi connectivity index (χ3n) is 3.83. The van der Waals surface area contributed by atoms with Crippen LogP contribution in [-0.4, -0.2) is 16.5 Å². The standard InChI is InChI=1S/C16H20N4/c1-11-3-4-12(2)13(7-11)8-18-16-14-9-17-6-5-15(14)19-10-20-16/h3-4,7,10,17H,5-6,8-9H2,1-2H3,(H,18,19,20). The molecule has 0 spiro atoms. The number of rotatable bonds is 3. The van der Waals surface area contributed by atoms with E-state index < -0.39 is 0 Å². The molecule has 0 atom stereocenters. The zero-order valence-electron chi connectivity index (χ0n) is 12.0. The van der Waals surface area contributed by atoms with Gasteiger partial charge < -0.3 is 10.6 Å². The molecule has 1 aliphatic heterocycles. The molecule has 2 aromatic rings. The van der Waals surface area contributed by atoms with Crippen LogP contribution in [-0.2, 0) is 19.5 Å². The number of aryl methyl sites for hydroxylation is 2. The molecule has 104 valence electrons. The average molecular weight is 268 g/mol. The summed E-state index contributed by atoms with van der Waals surface area (Å²) < 4.78 is 0. The fraction of sp³-hybridized carbons (Fsp3) is 0.375. The van der Waals surface area contributed by atoms with E-state index in [1.807, 2.05) is 0 Å². The summed E-state index contributed by atoms with van der Waals surface area (Å²) in [5.41, 5.74) is 6.30. The summed E-state index contributed by atoms with van der Waals surface area (Å²) in [7, 11) is 0. The molecule has 20 heavy (non-hydrogen) atoms. The number of aromatic nitrogens is 2. The van der Waals surface area contributed by atoms with Crippen LogP contribution in [0.25, 0.3) is 0 Å². The molecule has 1 aromatic heterocycles. The predicted molar refractivity (Wildman–Crippen MR) is 80.7 cm³/mol. The fourth-order valence-electron chi connectivity index (χ4n) is 2.59. The highest BCUT2D eigenvalue weighted by atomic mass is 15.0. The monoisotopic (exact) mass is 268 g/mol. The normalized spacial score (nSPS) is 13.9. The molecule has 4 nitrogen and oxygen atoms in total. The van der Waals surface area contributed by atoms with E-state index in [9.17, 15) is 0 Å². The molecule has 0 unspecified atom stereocenters. The molecule has 0 saturated carbocycles. The Balaban J connectivity index is 1.80. The number of hydrogen-bond acceptors (Lipinski definition) is 4. The van der Waals surface area contributed by atoms with Gasteiger partial charge in [0.2, 0.25) is 0 Å². The Kier molecular flexibility index (Phi) is 3.65. The van der Waals surface area contributed by atoms with Crippen molar-refractivity contribution in [2.45, 2.75) is 33.4 Å². The van der Waals surface area contributed by atoms with E-state index in [0.29, 0.717) is 0 Å². The van der Waals surface area contributed by atoms with Crippen LogP contribution in [0.1, 0.15) is 27.9 Å². The lowest BCUT2D eigenvalue weighted by Gasteiger charge is -2.19. The molecule has 1 aliphatic rings. The molecule has 0 bridgehead atoms. The van der Waals surface area contributed by atoms with Crippen molar-refractivity contribution in [3.63, 3.8) is 0 Å². The molecule has 4 heteroatoms. The van der Waals surface area contributed by atoms with Gasteiger partial charge in [0.25, 0.3) is 0 Å². The number of benzene rings is 1. The molecule has 0 fully saturated rings. The highest BCUT2D eigenvalue weighted by Gasteiger charge is 2.14. The molecule has 2 heterocycles. The maximum absolute atomic E-state index is 4.40. The fourth-order valence-corrected chi connectivity index (χ4v) is 2.59. The van der Waals surface area contributed by atoms with Crippen molar-refractivity contribution in [3.05, 3.63) is 52.5 Å². The van der Waals surface area contributed by atoms with Crippen LogP contribution < -0.4 is 10.6 Å². The van der Waals surface area contributed by atoms with Gasteiger partial charge in [-0.25, -0.2) is 9.97 Å². The summed E-state index contributed by atoms with van der Waals surface area (Å²) in [6.45, 7) is 6.93. The van der Waals surface area contributed by atoms with Crippen LogP contribution in [0.15, 0.2) is 24.5 Å². The van der Waals surface area contributed by atoms with Crippen molar-refractivity contribution in [2.24, 2.45) is 0 Å². The third-order valence-corrected chi connectivity index (χ3v) is 3.83. The first-order valence-corrected chi connectivity index (χ1v) is 7.07. The summed E-state index contributed by atoms with van der Waals surface area (Å²) in [4.78, 5) is 8.77. The first-order chi connectivity index (χ1) is 9.74. The lowest BCUT2D eigenvalue weighted by molar-refractivity contribution is 0.627. The van der Waals surface area contributed by atoms with Crippen LogP contribution in [0.5, 0.6) is 0 Å². The Morgan fingerprint density at radius 1 is 1.25 bits per heavy atom. The number of fused-ring (bicyclic) bond motifs is 1. The minimum absolute atomic E-state index is 0.803. The van der Waals surface area contributed by atoms with Crippen LogP contribution in [0.3, 0.4) is 0 Å². The summed E-state index contributed by atoms with van der Waals surface area (Å²) in [6, 6.07) is 6.55.